The smallest absolute Gasteiger partial charge is 0.224 e. The third-order valence-electron chi connectivity index (χ3n) is 4.37. The third-order valence-corrected chi connectivity index (χ3v) is 4.95. The summed E-state index contributed by atoms with van der Waals surface area (Å²) in [6.45, 7) is 3.94. The van der Waals surface area contributed by atoms with Gasteiger partial charge in [0.15, 0.2) is 0 Å². The number of rotatable bonds is 3. The lowest BCUT2D eigenvalue weighted by Crippen LogP contribution is -2.33. The highest BCUT2D eigenvalue weighted by molar-refractivity contribution is 6.33. The molecule has 1 N–H and O–H groups in total. The highest BCUT2D eigenvalue weighted by atomic mass is 35.5. The summed E-state index contributed by atoms with van der Waals surface area (Å²) in [4.78, 5) is 12.2. The molecule has 1 aromatic carbocycles. The van der Waals surface area contributed by atoms with Crippen LogP contribution in [0.25, 0.3) is 11.0 Å². The molecule has 0 spiro atoms. The van der Waals surface area contributed by atoms with E-state index in [1.54, 1.807) is 6.26 Å². The lowest BCUT2D eigenvalue weighted by Gasteiger charge is -2.11. The molecule has 1 fully saturated rings. The quantitative estimate of drug-likeness (QED) is 0.918. The van der Waals surface area contributed by atoms with Gasteiger partial charge in [0.2, 0.25) is 5.91 Å². The molecule has 4 heteroatoms. The topological polar surface area (TPSA) is 42.2 Å². The van der Waals surface area contributed by atoms with E-state index in [4.69, 9.17) is 16.0 Å². The van der Waals surface area contributed by atoms with Crippen molar-refractivity contribution in [2.45, 2.75) is 52.0 Å². The summed E-state index contributed by atoms with van der Waals surface area (Å²) in [5.74, 6) is 0.0701. The largest absolute Gasteiger partial charge is 0.464 e. The first-order valence-corrected chi connectivity index (χ1v) is 7.89. The van der Waals surface area contributed by atoms with Crippen molar-refractivity contribution in [3.63, 3.8) is 0 Å². The molecule has 112 valence electrons. The normalized spacial score (nSPS) is 15.8. The Bertz CT molecular complexity index is 684. The van der Waals surface area contributed by atoms with E-state index in [1.165, 1.54) is 12.8 Å². The van der Waals surface area contributed by atoms with Gasteiger partial charge >= 0.3 is 0 Å². The Hall–Kier alpha value is -1.48. The molecule has 0 radical (unpaired) electrons. The second kappa shape index (κ2) is 5.72. The number of benzene rings is 1. The van der Waals surface area contributed by atoms with Crippen LogP contribution in [-0.4, -0.2) is 11.9 Å². The molecule has 21 heavy (non-hydrogen) atoms. The molecule has 1 amide bonds. The summed E-state index contributed by atoms with van der Waals surface area (Å²) in [5.41, 5.74) is 3.71. The van der Waals surface area contributed by atoms with Crippen molar-refractivity contribution in [3.05, 3.63) is 34.0 Å². The van der Waals surface area contributed by atoms with Crippen LogP contribution in [-0.2, 0) is 11.2 Å². The molecular formula is C17H20ClNO2. The van der Waals surface area contributed by atoms with Crippen LogP contribution >= 0.6 is 11.6 Å². The Morgan fingerprint density at radius 3 is 2.81 bits per heavy atom. The van der Waals surface area contributed by atoms with E-state index in [2.05, 4.69) is 5.32 Å². The van der Waals surface area contributed by atoms with Crippen LogP contribution in [0.4, 0.5) is 0 Å². The van der Waals surface area contributed by atoms with E-state index in [0.717, 1.165) is 45.5 Å². The van der Waals surface area contributed by atoms with Gasteiger partial charge in [0.05, 0.1) is 12.7 Å². The number of carbonyl (C=O) groups is 1. The first-order valence-electron chi connectivity index (χ1n) is 7.51. The maximum atomic E-state index is 12.2. The molecule has 0 aliphatic heterocycles. The number of amides is 1. The molecule has 0 saturated heterocycles. The van der Waals surface area contributed by atoms with E-state index in [9.17, 15) is 4.79 Å². The molecule has 1 aromatic heterocycles. The molecule has 0 unspecified atom stereocenters. The van der Waals surface area contributed by atoms with E-state index >= 15 is 0 Å². The number of carbonyl (C=O) groups excluding carboxylic acids is 1. The Morgan fingerprint density at radius 1 is 1.38 bits per heavy atom. The second-order valence-corrected chi connectivity index (χ2v) is 6.37. The zero-order valence-electron chi connectivity index (χ0n) is 12.5. The van der Waals surface area contributed by atoms with Gasteiger partial charge in [-0.3, -0.25) is 4.79 Å². The van der Waals surface area contributed by atoms with Crippen LogP contribution in [0.5, 0.6) is 0 Å². The highest BCUT2D eigenvalue weighted by Gasteiger charge is 2.19. The van der Waals surface area contributed by atoms with Crippen molar-refractivity contribution < 1.29 is 9.21 Å². The Labute approximate surface area is 129 Å². The van der Waals surface area contributed by atoms with Gasteiger partial charge in [-0.2, -0.15) is 0 Å². The fourth-order valence-corrected chi connectivity index (χ4v) is 3.41. The summed E-state index contributed by atoms with van der Waals surface area (Å²) in [5, 5.41) is 4.84. The minimum Gasteiger partial charge on any atom is -0.464 e. The lowest BCUT2D eigenvalue weighted by atomic mass is 10.0. The summed E-state index contributed by atoms with van der Waals surface area (Å²) in [6.07, 6.45) is 6.66. The molecule has 2 aromatic rings. The van der Waals surface area contributed by atoms with Crippen molar-refractivity contribution in [1.82, 2.24) is 5.32 Å². The number of hydrogen-bond acceptors (Lipinski definition) is 2. The van der Waals surface area contributed by atoms with Crippen LogP contribution in [0.1, 0.15) is 42.4 Å². The number of fused-ring (bicyclic) bond motifs is 1. The molecule has 1 saturated carbocycles. The summed E-state index contributed by atoms with van der Waals surface area (Å²) in [6, 6.07) is 2.28. The van der Waals surface area contributed by atoms with Crippen molar-refractivity contribution in [2.24, 2.45) is 0 Å². The molecule has 1 heterocycles. The van der Waals surface area contributed by atoms with Gasteiger partial charge in [-0.05, 0) is 43.9 Å². The average Bonchev–Trinajstić information content (AvgIpc) is 3.06. The maximum absolute atomic E-state index is 12.2. The van der Waals surface area contributed by atoms with Crippen molar-refractivity contribution in [1.29, 1.82) is 0 Å². The minimum atomic E-state index is 0.0701. The number of furan rings is 1. The maximum Gasteiger partial charge on any atom is 0.224 e. The number of hydrogen-bond donors (Lipinski definition) is 1. The van der Waals surface area contributed by atoms with Crippen LogP contribution in [0.2, 0.25) is 5.02 Å². The van der Waals surface area contributed by atoms with Crippen LogP contribution in [0.3, 0.4) is 0 Å². The summed E-state index contributed by atoms with van der Waals surface area (Å²) in [7, 11) is 0. The summed E-state index contributed by atoms with van der Waals surface area (Å²) >= 11 is 6.32. The van der Waals surface area contributed by atoms with E-state index < -0.39 is 0 Å². The van der Waals surface area contributed by atoms with Crippen LogP contribution < -0.4 is 5.32 Å². The number of halogens is 1. The minimum absolute atomic E-state index is 0.0701. The average molecular weight is 306 g/mol. The second-order valence-electron chi connectivity index (χ2n) is 5.99. The molecule has 0 atom stereocenters. The van der Waals surface area contributed by atoms with Gasteiger partial charge < -0.3 is 9.73 Å². The first kappa shape index (κ1) is 14.5. The number of aryl methyl sites for hydroxylation is 2. The monoisotopic (exact) mass is 305 g/mol. The van der Waals surface area contributed by atoms with Gasteiger partial charge in [-0.1, -0.05) is 24.4 Å². The first-order chi connectivity index (χ1) is 10.1. The Morgan fingerprint density at radius 2 is 2.10 bits per heavy atom. The molecule has 1 aliphatic rings. The highest BCUT2D eigenvalue weighted by Crippen LogP contribution is 2.32. The fraction of sp³-hybridized carbons (Fsp3) is 0.471. The standard InChI is InChI=1S/C17H20ClNO2/c1-10-7-14-16(11(2)17(10)18)12(9-21-14)8-15(20)19-13-5-3-4-6-13/h7,9,13H,3-6,8H2,1-2H3,(H,19,20). The Kier molecular flexibility index (Phi) is 3.94. The third kappa shape index (κ3) is 2.80. The molecule has 1 aliphatic carbocycles. The van der Waals surface area contributed by atoms with Gasteiger partial charge in [-0.15, -0.1) is 0 Å². The molecule has 3 nitrogen and oxygen atoms in total. The zero-order chi connectivity index (χ0) is 15.0. The van der Waals surface area contributed by atoms with E-state index in [0.29, 0.717) is 12.5 Å². The van der Waals surface area contributed by atoms with Crippen molar-refractivity contribution >= 4 is 28.5 Å². The zero-order valence-corrected chi connectivity index (χ0v) is 13.2. The van der Waals surface area contributed by atoms with Crippen molar-refractivity contribution in [2.75, 3.05) is 0 Å². The van der Waals surface area contributed by atoms with Crippen molar-refractivity contribution in [3.8, 4) is 0 Å². The van der Waals surface area contributed by atoms with E-state index in [1.807, 2.05) is 19.9 Å². The predicted molar refractivity (Wildman–Crippen MR) is 84.8 cm³/mol. The van der Waals surface area contributed by atoms with E-state index in [-0.39, 0.29) is 5.91 Å². The fourth-order valence-electron chi connectivity index (χ4n) is 3.26. The SMILES string of the molecule is Cc1cc2occ(CC(=O)NC3CCCC3)c2c(C)c1Cl. The summed E-state index contributed by atoms with van der Waals surface area (Å²) < 4.78 is 5.60. The van der Waals surface area contributed by atoms with Crippen LogP contribution in [0.15, 0.2) is 16.7 Å². The lowest BCUT2D eigenvalue weighted by molar-refractivity contribution is -0.121. The molecule has 0 bridgehead atoms. The van der Waals surface area contributed by atoms with Gasteiger partial charge in [0.1, 0.15) is 5.58 Å². The molecule has 3 rings (SSSR count). The van der Waals surface area contributed by atoms with Gasteiger partial charge in [-0.25, -0.2) is 0 Å². The Balaban J connectivity index is 1.84. The van der Waals surface area contributed by atoms with Crippen LogP contribution in [0, 0.1) is 13.8 Å². The molecular weight excluding hydrogens is 286 g/mol. The number of nitrogens with one attached hydrogen (secondary N) is 1. The predicted octanol–water partition coefficient (Wildman–Crippen LogP) is 4.30. The van der Waals surface area contributed by atoms with Gasteiger partial charge in [0, 0.05) is 22.0 Å². The van der Waals surface area contributed by atoms with Gasteiger partial charge in [0.25, 0.3) is 0 Å².